The molecule has 0 fully saturated rings. The molecule has 1 unspecified atom stereocenters. The number of nitrogens with zero attached hydrogens (tertiary/aromatic N) is 4. The van der Waals surface area contributed by atoms with Gasteiger partial charge in [-0.15, -0.1) is 0 Å². The Balaban J connectivity index is 1.36. The van der Waals surface area contributed by atoms with Gasteiger partial charge in [0, 0.05) is 52.4 Å². The van der Waals surface area contributed by atoms with Crippen LogP contribution in [0, 0.1) is 0 Å². The van der Waals surface area contributed by atoms with Gasteiger partial charge in [-0.3, -0.25) is 4.90 Å². The van der Waals surface area contributed by atoms with Gasteiger partial charge in [-0.2, -0.15) is 5.10 Å². The fourth-order valence-corrected chi connectivity index (χ4v) is 5.14. The van der Waals surface area contributed by atoms with Gasteiger partial charge in [-0.1, -0.05) is 55.5 Å². The monoisotopic (exact) mass is 487 g/mol. The number of rotatable bonds is 10. The van der Waals surface area contributed by atoms with E-state index in [4.69, 9.17) is 16.3 Å². The maximum atomic E-state index is 10.7. The molecule has 178 valence electrons. The predicted octanol–water partition coefficient (Wildman–Crippen LogP) is 4.23. The van der Waals surface area contributed by atoms with Crippen LogP contribution in [0.15, 0.2) is 36.5 Å². The van der Waals surface area contributed by atoms with Crippen LogP contribution < -0.4 is 5.32 Å². The average molecular weight is 488 g/mol. The van der Waals surface area contributed by atoms with Crippen LogP contribution in [0.25, 0.3) is 10.9 Å². The molecule has 0 saturated heterocycles. The molecule has 7 nitrogen and oxygen atoms in total. The van der Waals surface area contributed by atoms with Gasteiger partial charge in [0.15, 0.2) is 11.0 Å². The van der Waals surface area contributed by atoms with E-state index in [1.165, 1.54) is 11.1 Å². The molecule has 1 aliphatic rings. The van der Waals surface area contributed by atoms with E-state index in [0.717, 1.165) is 36.5 Å². The molecule has 1 aliphatic heterocycles. The number of nitrogens with one attached hydrogen (secondary N) is 1. The van der Waals surface area contributed by atoms with Gasteiger partial charge in [-0.25, -0.2) is 9.67 Å². The smallest absolute Gasteiger partial charge is 0.156 e. The lowest BCUT2D eigenvalue weighted by Gasteiger charge is -2.30. The van der Waals surface area contributed by atoms with E-state index in [9.17, 15) is 5.11 Å². The van der Waals surface area contributed by atoms with E-state index >= 15 is 0 Å². The number of benzene rings is 1. The minimum Gasteiger partial charge on any atom is -0.390 e. The highest BCUT2D eigenvalue weighted by Crippen LogP contribution is 2.28. The number of ether oxygens (including phenoxy) is 1. The Labute approximate surface area is 201 Å². The maximum Gasteiger partial charge on any atom is 0.156 e. The van der Waals surface area contributed by atoms with Crippen LogP contribution >= 0.6 is 11.6 Å². The van der Waals surface area contributed by atoms with E-state index in [2.05, 4.69) is 64.2 Å². The number of β-amino-alcohol motifs (C(OH)–C–C–N with tert-alkyl or cyclic N) is 1. The number of aliphatic hydroxyl groups excluding tert-OH is 1. The molecule has 1 aromatic carbocycles. The minimum absolute atomic E-state index is 0.323. The van der Waals surface area contributed by atoms with Crippen molar-refractivity contribution in [2.24, 2.45) is 0 Å². The van der Waals surface area contributed by atoms with Gasteiger partial charge in [0.2, 0.25) is 0 Å². The molecule has 9 heteroatoms. The summed E-state index contributed by atoms with van der Waals surface area (Å²) in [7, 11) is -1.16. The fourth-order valence-electron chi connectivity index (χ4n) is 4.13. The second kappa shape index (κ2) is 10.5. The number of hydrogen-bond acceptors (Lipinski definition) is 6. The molecule has 3 heterocycles. The van der Waals surface area contributed by atoms with E-state index in [-0.39, 0.29) is 0 Å². The first-order chi connectivity index (χ1) is 15.8. The number of hydrogen-bond donors (Lipinski definition) is 2. The van der Waals surface area contributed by atoms with Crippen LogP contribution in [0.5, 0.6) is 0 Å². The summed E-state index contributed by atoms with van der Waals surface area (Å²) in [6.07, 6.45) is 2.19. The van der Waals surface area contributed by atoms with E-state index < -0.39 is 14.2 Å². The quantitative estimate of drug-likeness (QED) is 0.253. The van der Waals surface area contributed by atoms with Crippen molar-refractivity contribution >= 4 is 36.4 Å². The fraction of sp³-hybridized carbons (Fsp3) is 0.500. The summed E-state index contributed by atoms with van der Waals surface area (Å²) in [6.45, 7) is 10.9. The van der Waals surface area contributed by atoms with Crippen molar-refractivity contribution in [3.8, 4) is 0 Å². The second-order valence-electron chi connectivity index (χ2n) is 9.98. The molecule has 2 aromatic heterocycles. The first kappa shape index (κ1) is 24.2. The molecule has 1 atom stereocenters. The Morgan fingerprint density at radius 1 is 1.21 bits per heavy atom. The van der Waals surface area contributed by atoms with Gasteiger partial charge in [-0.05, 0) is 29.7 Å². The highest BCUT2D eigenvalue weighted by molar-refractivity contribution is 6.76. The lowest BCUT2D eigenvalue weighted by atomic mass is 10.00. The van der Waals surface area contributed by atoms with Crippen molar-refractivity contribution in [2.75, 3.05) is 31.6 Å². The van der Waals surface area contributed by atoms with Gasteiger partial charge in [0.1, 0.15) is 12.2 Å². The Morgan fingerprint density at radius 2 is 2.00 bits per heavy atom. The standard InChI is InChI=1S/C24H34ClN5O2Si/c1-33(2,3)13-12-32-17-30-22-21(8-10-26-23(22)25)24(28-30)27-14-20(31)16-29-11-9-18-6-4-5-7-19(18)15-29/h4-8,10,20,31H,9,11-17H2,1-3H3,(H,27,28). The third kappa shape index (κ3) is 6.33. The third-order valence-electron chi connectivity index (χ3n) is 6.01. The molecular weight excluding hydrogens is 454 g/mol. The summed E-state index contributed by atoms with van der Waals surface area (Å²) in [5.74, 6) is 0.686. The second-order valence-corrected chi connectivity index (χ2v) is 16.0. The Morgan fingerprint density at radius 3 is 2.79 bits per heavy atom. The number of halogens is 1. The lowest BCUT2D eigenvalue weighted by Crippen LogP contribution is -2.39. The lowest BCUT2D eigenvalue weighted by molar-refractivity contribution is 0.0818. The van der Waals surface area contributed by atoms with Gasteiger partial charge >= 0.3 is 0 Å². The van der Waals surface area contributed by atoms with Crippen LogP contribution in [0.2, 0.25) is 30.8 Å². The summed E-state index contributed by atoms with van der Waals surface area (Å²) >= 11 is 6.39. The summed E-state index contributed by atoms with van der Waals surface area (Å²) in [6, 6.07) is 11.5. The number of anilines is 1. The van der Waals surface area contributed by atoms with E-state index in [0.29, 0.717) is 37.4 Å². The highest BCUT2D eigenvalue weighted by atomic mass is 35.5. The molecule has 0 spiro atoms. The largest absolute Gasteiger partial charge is 0.390 e. The summed E-state index contributed by atoms with van der Waals surface area (Å²) in [5, 5.41) is 20.0. The van der Waals surface area contributed by atoms with Crippen LogP contribution in [0.4, 0.5) is 5.82 Å². The van der Waals surface area contributed by atoms with Crippen molar-refractivity contribution in [1.82, 2.24) is 19.7 Å². The molecular formula is C24H34ClN5O2Si. The normalized spacial score (nSPS) is 15.5. The van der Waals surface area contributed by atoms with Crippen molar-refractivity contribution in [3.05, 3.63) is 52.8 Å². The van der Waals surface area contributed by atoms with E-state index in [1.807, 2.05) is 6.07 Å². The molecule has 0 amide bonds. The Hall–Kier alpha value is -1.97. The molecule has 3 aromatic rings. The first-order valence-corrected chi connectivity index (χ1v) is 15.7. The van der Waals surface area contributed by atoms with Crippen molar-refractivity contribution in [2.45, 2.75) is 51.5 Å². The van der Waals surface area contributed by atoms with Crippen LogP contribution in [0.1, 0.15) is 11.1 Å². The zero-order valence-electron chi connectivity index (χ0n) is 19.7. The van der Waals surface area contributed by atoms with Gasteiger partial charge in [0.25, 0.3) is 0 Å². The highest BCUT2D eigenvalue weighted by Gasteiger charge is 2.20. The van der Waals surface area contributed by atoms with Gasteiger partial charge < -0.3 is 15.2 Å². The van der Waals surface area contributed by atoms with Crippen LogP contribution in [0.3, 0.4) is 0 Å². The third-order valence-corrected chi connectivity index (χ3v) is 7.99. The molecule has 33 heavy (non-hydrogen) atoms. The topological polar surface area (TPSA) is 75.4 Å². The predicted molar refractivity (Wildman–Crippen MR) is 137 cm³/mol. The maximum absolute atomic E-state index is 10.7. The zero-order valence-corrected chi connectivity index (χ0v) is 21.5. The molecule has 4 rings (SSSR count). The molecule has 0 bridgehead atoms. The van der Waals surface area contributed by atoms with Crippen molar-refractivity contribution in [3.63, 3.8) is 0 Å². The van der Waals surface area contributed by atoms with E-state index in [1.54, 1.807) is 10.9 Å². The molecule has 0 saturated carbocycles. The summed E-state index contributed by atoms with van der Waals surface area (Å²) in [4.78, 5) is 6.52. The molecule has 0 aliphatic carbocycles. The summed E-state index contributed by atoms with van der Waals surface area (Å²) in [5.41, 5.74) is 3.51. The van der Waals surface area contributed by atoms with Crippen LogP contribution in [-0.4, -0.2) is 65.2 Å². The van der Waals surface area contributed by atoms with Crippen molar-refractivity contribution in [1.29, 1.82) is 0 Å². The van der Waals surface area contributed by atoms with Gasteiger partial charge in [0.05, 0.1) is 6.10 Å². The molecule has 0 radical (unpaired) electrons. The SMILES string of the molecule is C[Si](C)(C)CCOCn1nc(NCC(O)CN2CCc3ccccc3C2)c2ccnc(Cl)c21. The minimum atomic E-state index is -1.16. The summed E-state index contributed by atoms with van der Waals surface area (Å²) < 4.78 is 7.65. The average Bonchev–Trinajstić information content (AvgIpc) is 3.13. The molecule has 2 N–H and O–H groups in total. The van der Waals surface area contributed by atoms with Crippen LogP contribution in [-0.2, 0) is 24.4 Å². The number of pyridine rings is 1. The van der Waals surface area contributed by atoms with Crippen molar-refractivity contribution < 1.29 is 9.84 Å². The Kier molecular flexibility index (Phi) is 7.71. The first-order valence-electron chi connectivity index (χ1n) is 11.6. The number of aliphatic hydroxyl groups is 1. The zero-order chi connectivity index (χ0) is 23.4. The number of fused-ring (bicyclic) bond motifs is 2. The number of aromatic nitrogens is 3. The Bertz CT molecular complexity index is 1080.